The molecule has 0 saturated carbocycles. The number of thiazole rings is 1. The Labute approximate surface area is 74.5 Å². The van der Waals surface area contributed by atoms with Gasteiger partial charge in [-0.25, -0.2) is 4.99 Å². The van der Waals surface area contributed by atoms with Gasteiger partial charge in [-0.15, -0.1) is 22.9 Å². The molecule has 0 atom stereocenters. The van der Waals surface area contributed by atoms with E-state index in [1.807, 2.05) is 23.1 Å². The molecule has 0 unspecified atom stereocenters. The topological polar surface area (TPSA) is 17.3 Å². The lowest BCUT2D eigenvalue weighted by Gasteiger charge is -1.97. The van der Waals surface area contributed by atoms with Crippen molar-refractivity contribution >= 4 is 28.6 Å². The van der Waals surface area contributed by atoms with Gasteiger partial charge in [-0.2, -0.15) is 0 Å². The van der Waals surface area contributed by atoms with Gasteiger partial charge >= 0.3 is 0 Å². The average molecular weight is 189 g/mol. The van der Waals surface area contributed by atoms with Crippen LogP contribution < -0.4 is 4.80 Å². The molecule has 0 aliphatic carbocycles. The Morgan fingerprint density at radius 1 is 1.91 bits per heavy atom. The van der Waals surface area contributed by atoms with E-state index < -0.39 is 0 Å². The fourth-order valence-corrected chi connectivity index (χ4v) is 1.69. The lowest BCUT2D eigenvalue weighted by Crippen LogP contribution is -2.11. The molecular formula is C7H9ClN2S. The van der Waals surface area contributed by atoms with Crippen LogP contribution in [-0.2, 0) is 0 Å². The first-order chi connectivity index (χ1) is 5.25. The molecule has 0 N–H and O–H groups in total. The van der Waals surface area contributed by atoms with E-state index >= 15 is 0 Å². The van der Waals surface area contributed by atoms with Crippen LogP contribution in [0.1, 0.15) is 6.92 Å². The molecule has 0 radical (unpaired) electrons. The second kappa shape index (κ2) is 3.74. The lowest BCUT2D eigenvalue weighted by atomic mass is 10.5. The van der Waals surface area contributed by atoms with Gasteiger partial charge < -0.3 is 0 Å². The van der Waals surface area contributed by atoms with Gasteiger partial charge in [0.25, 0.3) is 0 Å². The molecule has 4 heteroatoms. The summed E-state index contributed by atoms with van der Waals surface area (Å²) in [5, 5.41) is 1.96. The second-order valence-electron chi connectivity index (χ2n) is 2.07. The van der Waals surface area contributed by atoms with Crippen molar-refractivity contribution in [1.29, 1.82) is 0 Å². The largest absolute Gasteiger partial charge is 0.297 e. The van der Waals surface area contributed by atoms with E-state index in [0.717, 1.165) is 10.5 Å². The van der Waals surface area contributed by atoms with Crippen LogP contribution in [0.2, 0.25) is 0 Å². The van der Waals surface area contributed by atoms with E-state index in [0.29, 0.717) is 6.00 Å². The molecule has 1 aromatic rings. The third kappa shape index (κ3) is 1.94. The van der Waals surface area contributed by atoms with E-state index in [1.165, 1.54) is 0 Å². The number of nitrogens with zero attached hydrogens (tertiary/aromatic N) is 2. The van der Waals surface area contributed by atoms with E-state index in [2.05, 4.69) is 11.6 Å². The van der Waals surface area contributed by atoms with Crippen LogP contribution in [0.5, 0.6) is 0 Å². The number of allylic oxidation sites excluding steroid dienone is 1. The maximum Gasteiger partial charge on any atom is 0.190 e. The smallest absolute Gasteiger partial charge is 0.190 e. The predicted molar refractivity (Wildman–Crippen MR) is 49.6 cm³/mol. The van der Waals surface area contributed by atoms with Gasteiger partial charge in [0.15, 0.2) is 4.80 Å². The molecule has 0 aliphatic rings. The van der Waals surface area contributed by atoms with Crippen LogP contribution in [0.15, 0.2) is 23.1 Å². The Balaban J connectivity index is 3.16. The highest BCUT2D eigenvalue weighted by Crippen LogP contribution is 1.98. The summed E-state index contributed by atoms with van der Waals surface area (Å²) in [5.74, 6) is 0. The number of hydrogen-bond donors (Lipinski definition) is 0. The van der Waals surface area contributed by atoms with Crippen molar-refractivity contribution in [3.8, 4) is 0 Å². The van der Waals surface area contributed by atoms with Crippen molar-refractivity contribution in [2.75, 3.05) is 6.00 Å². The quantitative estimate of drug-likeness (QED) is 0.500. The van der Waals surface area contributed by atoms with Gasteiger partial charge in [0.05, 0.1) is 0 Å². The van der Waals surface area contributed by atoms with Crippen LogP contribution in [0.3, 0.4) is 0 Å². The molecule has 0 amide bonds. The van der Waals surface area contributed by atoms with Crippen molar-refractivity contribution in [3.63, 3.8) is 0 Å². The number of hydrogen-bond acceptors (Lipinski definition) is 2. The summed E-state index contributed by atoms with van der Waals surface area (Å²) in [5.41, 5.74) is 0.954. The Morgan fingerprint density at radius 3 is 3.18 bits per heavy atom. The highest BCUT2D eigenvalue weighted by molar-refractivity contribution is 7.07. The first-order valence-corrected chi connectivity index (χ1v) is 4.55. The molecule has 1 aromatic heterocycles. The second-order valence-corrected chi connectivity index (χ2v) is 3.18. The van der Waals surface area contributed by atoms with Crippen LogP contribution >= 0.6 is 22.9 Å². The Morgan fingerprint density at radius 2 is 2.64 bits per heavy atom. The summed E-state index contributed by atoms with van der Waals surface area (Å²) in [4.78, 5) is 4.97. The zero-order valence-electron chi connectivity index (χ0n) is 6.25. The number of alkyl halides is 1. The Kier molecular flexibility index (Phi) is 2.91. The van der Waals surface area contributed by atoms with Crippen LogP contribution in [0, 0.1) is 0 Å². The van der Waals surface area contributed by atoms with Gasteiger partial charge in [-0.05, 0) is 6.92 Å². The predicted octanol–water partition coefficient (Wildman–Crippen LogP) is 2.14. The van der Waals surface area contributed by atoms with Crippen molar-refractivity contribution < 1.29 is 0 Å². The molecule has 2 nitrogen and oxygen atoms in total. The highest BCUT2D eigenvalue weighted by atomic mass is 35.5. The summed E-state index contributed by atoms with van der Waals surface area (Å²) in [7, 11) is 0. The molecule has 1 heterocycles. The van der Waals surface area contributed by atoms with Crippen LogP contribution in [-0.4, -0.2) is 10.6 Å². The fourth-order valence-electron chi connectivity index (χ4n) is 0.728. The number of aromatic nitrogens is 1. The maximum absolute atomic E-state index is 5.47. The SMILES string of the molecule is C=C(C)n1ccs/c1=N/CCl. The lowest BCUT2D eigenvalue weighted by molar-refractivity contribution is 1.00. The number of rotatable bonds is 2. The molecule has 0 bridgehead atoms. The molecular weight excluding hydrogens is 180 g/mol. The summed E-state index contributed by atoms with van der Waals surface area (Å²) >= 11 is 7.02. The van der Waals surface area contributed by atoms with Crippen LogP contribution in [0.25, 0.3) is 5.70 Å². The monoisotopic (exact) mass is 188 g/mol. The van der Waals surface area contributed by atoms with E-state index in [9.17, 15) is 0 Å². The third-order valence-electron chi connectivity index (χ3n) is 1.20. The van der Waals surface area contributed by atoms with Crippen LogP contribution in [0.4, 0.5) is 0 Å². The van der Waals surface area contributed by atoms with Crippen molar-refractivity contribution in [3.05, 3.63) is 23.0 Å². The molecule has 11 heavy (non-hydrogen) atoms. The molecule has 0 saturated heterocycles. The zero-order chi connectivity index (χ0) is 8.27. The van der Waals surface area contributed by atoms with Gasteiger partial charge in [0.1, 0.15) is 6.00 Å². The maximum atomic E-state index is 5.47. The molecule has 1 rings (SSSR count). The first-order valence-electron chi connectivity index (χ1n) is 3.14. The summed E-state index contributed by atoms with van der Waals surface area (Å²) in [6.45, 7) is 5.74. The minimum absolute atomic E-state index is 0.299. The third-order valence-corrected chi connectivity index (χ3v) is 2.11. The molecule has 0 fully saturated rings. The number of halogens is 1. The summed E-state index contributed by atoms with van der Waals surface area (Å²) in [6.07, 6.45) is 1.93. The Hall–Kier alpha value is -0.540. The highest BCUT2D eigenvalue weighted by Gasteiger charge is 1.92. The van der Waals surface area contributed by atoms with Crippen molar-refractivity contribution in [2.24, 2.45) is 4.99 Å². The van der Waals surface area contributed by atoms with Crippen molar-refractivity contribution in [1.82, 2.24) is 4.57 Å². The molecule has 60 valence electrons. The molecule has 0 aromatic carbocycles. The molecule has 0 spiro atoms. The van der Waals surface area contributed by atoms with Gasteiger partial charge in [0, 0.05) is 17.3 Å². The fraction of sp³-hybridized carbons (Fsp3) is 0.286. The van der Waals surface area contributed by atoms with E-state index in [1.54, 1.807) is 11.3 Å². The zero-order valence-corrected chi connectivity index (χ0v) is 7.82. The first kappa shape index (κ1) is 8.56. The summed E-state index contributed by atoms with van der Waals surface area (Å²) in [6, 6.07) is 0.299. The minimum atomic E-state index is 0.299. The van der Waals surface area contributed by atoms with E-state index in [4.69, 9.17) is 11.6 Å². The summed E-state index contributed by atoms with van der Waals surface area (Å²) < 4.78 is 1.91. The van der Waals surface area contributed by atoms with Gasteiger partial charge in [-0.3, -0.25) is 4.57 Å². The average Bonchev–Trinajstić information content (AvgIpc) is 2.36. The van der Waals surface area contributed by atoms with Gasteiger partial charge in [0.2, 0.25) is 0 Å². The standard InChI is InChI=1S/C7H9ClN2S/c1-6(2)10-3-4-11-7(10)9-5-8/h3-4H,1,5H2,2H3/b9-7+. The minimum Gasteiger partial charge on any atom is -0.297 e. The Bertz CT molecular complexity index is 310. The van der Waals surface area contributed by atoms with Gasteiger partial charge in [-0.1, -0.05) is 6.58 Å². The molecule has 0 aliphatic heterocycles. The van der Waals surface area contributed by atoms with E-state index in [-0.39, 0.29) is 0 Å². The normalized spacial score (nSPS) is 12.0. The van der Waals surface area contributed by atoms with Crippen molar-refractivity contribution in [2.45, 2.75) is 6.92 Å².